The monoisotopic (exact) mass is 334 g/mol. The molecule has 0 aliphatic rings. The van der Waals surface area contributed by atoms with E-state index in [0.717, 1.165) is 28.7 Å². The zero-order chi connectivity index (χ0) is 13.9. The summed E-state index contributed by atoms with van der Waals surface area (Å²) in [5, 5.41) is 3.24. The fourth-order valence-corrected chi connectivity index (χ4v) is 2.41. The molecule has 2 aromatic heterocycles. The molecular weight excluding hydrogens is 320 g/mol. The Morgan fingerprint density at radius 3 is 3.15 bits per heavy atom. The van der Waals surface area contributed by atoms with E-state index in [1.54, 1.807) is 6.20 Å². The van der Waals surface area contributed by atoms with Crippen molar-refractivity contribution in [2.75, 3.05) is 11.9 Å². The van der Waals surface area contributed by atoms with Crippen molar-refractivity contribution in [3.05, 3.63) is 41.4 Å². The second kappa shape index (κ2) is 5.66. The maximum absolute atomic E-state index is 5.65. The van der Waals surface area contributed by atoms with Crippen LogP contribution >= 0.6 is 15.9 Å². The molecular formula is C14H15BrN4O. The van der Waals surface area contributed by atoms with Crippen LogP contribution in [0.25, 0.3) is 11.1 Å². The summed E-state index contributed by atoms with van der Waals surface area (Å²) in [6.07, 6.45) is 5.58. The van der Waals surface area contributed by atoms with Crippen molar-refractivity contribution in [2.24, 2.45) is 5.92 Å². The topological polar surface area (TPSA) is 55.9 Å². The molecule has 3 rings (SSSR count). The van der Waals surface area contributed by atoms with Gasteiger partial charge in [-0.3, -0.25) is 0 Å². The van der Waals surface area contributed by atoms with E-state index in [1.165, 1.54) is 0 Å². The fraction of sp³-hybridized carbons (Fsp3) is 0.286. The van der Waals surface area contributed by atoms with Crippen LogP contribution in [0.3, 0.4) is 0 Å². The van der Waals surface area contributed by atoms with Gasteiger partial charge in [0.2, 0.25) is 0 Å². The summed E-state index contributed by atoms with van der Waals surface area (Å²) < 4.78 is 8.71. The van der Waals surface area contributed by atoms with E-state index in [9.17, 15) is 0 Å². The Labute approximate surface area is 125 Å². The van der Waals surface area contributed by atoms with Gasteiger partial charge in [-0.05, 0) is 24.1 Å². The van der Waals surface area contributed by atoms with Crippen LogP contribution in [-0.4, -0.2) is 21.1 Å². The predicted molar refractivity (Wildman–Crippen MR) is 81.6 cm³/mol. The highest BCUT2D eigenvalue weighted by Crippen LogP contribution is 2.22. The Hall–Kier alpha value is -1.82. The molecule has 5 nitrogen and oxygen atoms in total. The second-order valence-corrected chi connectivity index (χ2v) is 5.79. The largest absolute Gasteiger partial charge is 0.424 e. The maximum atomic E-state index is 5.65. The number of aromatic nitrogens is 3. The van der Waals surface area contributed by atoms with Gasteiger partial charge in [-0.25, -0.2) is 4.98 Å². The molecule has 0 aliphatic carbocycles. The van der Waals surface area contributed by atoms with E-state index in [0.29, 0.717) is 11.9 Å². The third-order valence-electron chi connectivity index (χ3n) is 3.03. The van der Waals surface area contributed by atoms with Crippen LogP contribution in [0.5, 0.6) is 0 Å². The van der Waals surface area contributed by atoms with Gasteiger partial charge in [-0.2, -0.15) is 4.98 Å². The van der Waals surface area contributed by atoms with Crippen LogP contribution in [0.1, 0.15) is 6.92 Å². The first-order valence-electron chi connectivity index (χ1n) is 6.46. The highest BCUT2D eigenvalue weighted by molar-refractivity contribution is 9.10. The molecule has 3 aromatic rings. The molecule has 6 heteroatoms. The first kappa shape index (κ1) is 13.2. The molecule has 0 saturated carbocycles. The molecule has 1 unspecified atom stereocenters. The van der Waals surface area contributed by atoms with Crippen LogP contribution < -0.4 is 5.32 Å². The molecule has 0 amide bonds. The number of hydrogen-bond donors (Lipinski definition) is 1. The van der Waals surface area contributed by atoms with Crippen molar-refractivity contribution in [1.29, 1.82) is 0 Å². The number of imidazole rings is 1. The van der Waals surface area contributed by atoms with Gasteiger partial charge in [-0.15, -0.1) is 0 Å². The zero-order valence-corrected chi connectivity index (χ0v) is 12.7. The molecule has 0 aliphatic heterocycles. The predicted octanol–water partition coefficient (Wildman–Crippen LogP) is 3.54. The van der Waals surface area contributed by atoms with Crippen LogP contribution in [0, 0.1) is 5.92 Å². The summed E-state index contributed by atoms with van der Waals surface area (Å²) in [7, 11) is 0. The molecule has 1 N–H and O–H groups in total. The fourth-order valence-electron chi connectivity index (χ4n) is 2.06. The Morgan fingerprint density at radius 1 is 1.45 bits per heavy atom. The molecule has 1 aromatic carbocycles. The van der Waals surface area contributed by atoms with Gasteiger partial charge in [0, 0.05) is 30.0 Å². The number of hydrogen-bond acceptors (Lipinski definition) is 4. The van der Waals surface area contributed by atoms with E-state index in [4.69, 9.17) is 4.42 Å². The van der Waals surface area contributed by atoms with Crippen LogP contribution in [0.15, 0.2) is 45.8 Å². The summed E-state index contributed by atoms with van der Waals surface area (Å²) in [6, 6.07) is 6.36. The standard InChI is InChI=1S/C14H15BrN4O/c1-10(8-19-5-4-16-9-19)7-17-14-18-12-6-11(15)2-3-13(12)20-14/h2-6,9-10H,7-8H2,1H3,(H,17,18). The highest BCUT2D eigenvalue weighted by atomic mass is 79.9. The van der Waals surface area contributed by atoms with E-state index in [-0.39, 0.29) is 0 Å². The van der Waals surface area contributed by atoms with Gasteiger partial charge >= 0.3 is 0 Å². The molecule has 0 spiro atoms. The highest BCUT2D eigenvalue weighted by Gasteiger charge is 2.08. The molecule has 0 bridgehead atoms. The molecule has 0 fully saturated rings. The Bertz CT molecular complexity index is 692. The summed E-state index contributed by atoms with van der Waals surface area (Å²) in [4.78, 5) is 8.45. The second-order valence-electron chi connectivity index (χ2n) is 4.88. The SMILES string of the molecule is CC(CNc1nc2cc(Br)ccc2o1)Cn1ccnc1. The van der Waals surface area contributed by atoms with Gasteiger partial charge < -0.3 is 14.3 Å². The Balaban J connectivity index is 1.61. The smallest absolute Gasteiger partial charge is 0.295 e. The summed E-state index contributed by atoms with van der Waals surface area (Å²) in [6.45, 7) is 3.89. The van der Waals surface area contributed by atoms with Gasteiger partial charge in [-0.1, -0.05) is 22.9 Å². The third-order valence-corrected chi connectivity index (χ3v) is 3.53. The minimum Gasteiger partial charge on any atom is -0.424 e. The minimum absolute atomic E-state index is 0.450. The lowest BCUT2D eigenvalue weighted by molar-refractivity contribution is 0.494. The number of fused-ring (bicyclic) bond motifs is 1. The quantitative estimate of drug-likeness (QED) is 0.775. The lowest BCUT2D eigenvalue weighted by atomic mass is 10.2. The molecule has 2 heterocycles. The van der Waals surface area contributed by atoms with Gasteiger partial charge in [0.05, 0.1) is 6.33 Å². The first-order valence-corrected chi connectivity index (χ1v) is 7.26. The number of halogens is 1. The normalized spacial score (nSPS) is 12.7. The lowest BCUT2D eigenvalue weighted by Gasteiger charge is -2.11. The number of nitrogens with zero attached hydrogens (tertiary/aromatic N) is 3. The average Bonchev–Trinajstić information content (AvgIpc) is 3.04. The lowest BCUT2D eigenvalue weighted by Crippen LogP contribution is -2.16. The first-order chi connectivity index (χ1) is 9.70. The summed E-state index contributed by atoms with van der Waals surface area (Å²) >= 11 is 3.43. The Kier molecular flexibility index (Phi) is 3.73. The number of rotatable bonds is 5. The van der Waals surface area contributed by atoms with Crippen molar-refractivity contribution in [2.45, 2.75) is 13.5 Å². The van der Waals surface area contributed by atoms with Crippen molar-refractivity contribution in [1.82, 2.24) is 14.5 Å². The number of anilines is 1. The van der Waals surface area contributed by atoms with Crippen molar-refractivity contribution in [3.8, 4) is 0 Å². The molecule has 104 valence electrons. The number of oxazole rings is 1. The van der Waals surface area contributed by atoms with Gasteiger partial charge in [0.1, 0.15) is 5.52 Å². The summed E-state index contributed by atoms with van der Waals surface area (Å²) in [5.41, 5.74) is 1.64. The molecule has 0 radical (unpaired) electrons. The minimum atomic E-state index is 0.450. The van der Waals surface area contributed by atoms with Crippen LogP contribution in [0.2, 0.25) is 0 Å². The number of benzene rings is 1. The van der Waals surface area contributed by atoms with Crippen molar-refractivity contribution in [3.63, 3.8) is 0 Å². The molecule has 1 atom stereocenters. The van der Waals surface area contributed by atoms with Crippen LogP contribution in [0.4, 0.5) is 6.01 Å². The summed E-state index contributed by atoms with van der Waals surface area (Å²) in [5.74, 6) is 0.450. The van der Waals surface area contributed by atoms with Crippen molar-refractivity contribution < 1.29 is 4.42 Å². The molecule has 0 saturated heterocycles. The van der Waals surface area contributed by atoms with Crippen LogP contribution in [-0.2, 0) is 6.54 Å². The maximum Gasteiger partial charge on any atom is 0.295 e. The van der Waals surface area contributed by atoms with Gasteiger partial charge in [0.25, 0.3) is 6.01 Å². The number of nitrogens with one attached hydrogen (secondary N) is 1. The third kappa shape index (κ3) is 3.01. The van der Waals surface area contributed by atoms with Gasteiger partial charge in [0.15, 0.2) is 5.58 Å². The zero-order valence-electron chi connectivity index (χ0n) is 11.1. The average molecular weight is 335 g/mol. The Morgan fingerprint density at radius 2 is 2.35 bits per heavy atom. The molecule has 20 heavy (non-hydrogen) atoms. The van der Waals surface area contributed by atoms with E-state index >= 15 is 0 Å². The van der Waals surface area contributed by atoms with E-state index in [2.05, 4.69) is 42.7 Å². The van der Waals surface area contributed by atoms with E-state index < -0.39 is 0 Å². The van der Waals surface area contributed by atoms with Crippen molar-refractivity contribution >= 4 is 33.0 Å². The van der Waals surface area contributed by atoms with E-state index in [1.807, 2.05) is 30.7 Å².